The lowest BCUT2D eigenvalue weighted by atomic mass is 10.1. The van der Waals surface area contributed by atoms with Crippen LogP contribution in [0.15, 0.2) is 48.7 Å². The smallest absolute Gasteiger partial charge is 0.335 e. The topological polar surface area (TPSA) is 100 Å². The van der Waals surface area contributed by atoms with Crippen LogP contribution in [0.2, 0.25) is 0 Å². The number of aromatic carboxylic acids is 2. The highest BCUT2D eigenvalue weighted by atomic mass is 19.1. The number of nitrogens with zero attached hydrogens (tertiary/aromatic N) is 2. The molecule has 1 aromatic carbocycles. The van der Waals surface area contributed by atoms with E-state index in [1.54, 1.807) is 0 Å². The molecule has 6 nitrogen and oxygen atoms in total. The molecule has 0 fully saturated rings. The van der Waals surface area contributed by atoms with Crippen molar-refractivity contribution in [3.05, 3.63) is 71.4 Å². The van der Waals surface area contributed by atoms with E-state index in [4.69, 9.17) is 5.11 Å². The van der Waals surface area contributed by atoms with Gasteiger partial charge in [0.15, 0.2) is 0 Å². The van der Waals surface area contributed by atoms with Crippen LogP contribution in [0.5, 0.6) is 0 Å². The largest absolute Gasteiger partial charge is 0.478 e. The normalized spacial score (nSPS) is 10.5. The summed E-state index contributed by atoms with van der Waals surface area (Å²) < 4.78 is 27.2. The van der Waals surface area contributed by atoms with Crippen LogP contribution in [0.4, 0.5) is 8.78 Å². The first kappa shape index (κ1) is 17.2. The van der Waals surface area contributed by atoms with Gasteiger partial charge in [0, 0.05) is 17.8 Å². The predicted molar refractivity (Wildman–Crippen MR) is 86.7 cm³/mol. The molecular weight excluding hydrogens is 346 g/mol. The second kappa shape index (κ2) is 6.67. The third-order valence-corrected chi connectivity index (χ3v) is 3.55. The molecule has 0 atom stereocenters. The van der Waals surface area contributed by atoms with Crippen LogP contribution in [-0.2, 0) is 0 Å². The van der Waals surface area contributed by atoms with Crippen LogP contribution >= 0.6 is 0 Å². The highest BCUT2D eigenvalue weighted by Crippen LogP contribution is 2.26. The fraction of sp³-hybridized carbons (Fsp3) is 0. The van der Waals surface area contributed by atoms with E-state index in [2.05, 4.69) is 9.97 Å². The molecule has 2 aromatic heterocycles. The molecule has 0 spiro atoms. The standard InChI is InChI=1S/C18H10F2N2O4/c19-11-1-2-12(13(20)8-11)14-6-10(18(25)26)7-16(22-14)15-5-9(17(23)24)3-4-21-15/h1-8H,(H,23,24)(H,25,26). The Labute approximate surface area is 145 Å². The van der Waals surface area contributed by atoms with Crippen molar-refractivity contribution in [2.24, 2.45) is 0 Å². The van der Waals surface area contributed by atoms with Crippen molar-refractivity contribution in [2.45, 2.75) is 0 Å². The van der Waals surface area contributed by atoms with Gasteiger partial charge in [-0.3, -0.25) is 4.98 Å². The molecule has 0 aliphatic rings. The molecule has 8 heteroatoms. The van der Waals surface area contributed by atoms with E-state index in [0.717, 1.165) is 18.2 Å². The maximum atomic E-state index is 14.1. The molecule has 0 saturated carbocycles. The number of rotatable bonds is 4. The Kier molecular flexibility index (Phi) is 4.40. The van der Waals surface area contributed by atoms with E-state index in [1.807, 2.05) is 0 Å². The summed E-state index contributed by atoms with van der Waals surface area (Å²) in [6.45, 7) is 0. The first-order valence-corrected chi connectivity index (χ1v) is 7.25. The van der Waals surface area contributed by atoms with E-state index < -0.39 is 23.6 Å². The average molecular weight is 356 g/mol. The summed E-state index contributed by atoms with van der Waals surface area (Å²) in [4.78, 5) is 30.6. The van der Waals surface area contributed by atoms with Gasteiger partial charge in [0.25, 0.3) is 0 Å². The molecule has 2 heterocycles. The van der Waals surface area contributed by atoms with E-state index >= 15 is 0 Å². The van der Waals surface area contributed by atoms with Crippen molar-refractivity contribution in [2.75, 3.05) is 0 Å². The van der Waals surface area contributed by atoms with Crippen molar-refractivity contribution in [3.8, 4) is 22.6 Å². The number of carboxylic acids is 2. The van der Waals surface area contributed by atoms with Gasteiger partial charge in [0.05, 0.1) is 28.2 Å². The molecule has 0 aliphatic heterocycles. The summed E-state index contributed by atoms with van der Waals surface area (Å²) in [5.74, 6) is -4.16. The second-order valence-corrected chi connectivity index (χ2v) is 5.29. The average Bonchev–Trinajstić information content (AvgIpc) is 2.61. The Hall–Kier alpha value is -3.68. The molecule has 26 heavy (non-hydrogen) atoms. The van der Waals surface area contributed by atoms with Crippen LogP contribution in [0.3, 0.4) is 0 Å². The summed E-state index contributed by atoms with van der Waals surface area (Å²) in [5, 5.41) is 18.4. The van der Waals surface area contributed by atoms with Crippen molar-refractivity contribution in [1.82, 2.24) is 9.97 Å². The zero-order chi connectivity index (χ0) is 18.8. The minimum Gasteiger partial charge on any atom is -0.478 e. The third-order valence-electron chi connectivity index (χ3n) is 3.55. The first-order valence-electron chi connectivity index (χ1n) is 7.25. The lowest BCUT2D eigenvalue weighted by Gasteiger charge is -2.08. The molecule has 0 amide bonds. The fourth-order valence-corrected chi connectivity index (χ4v) is 2.32. The molecule has 0 bridgehead atoms. The highest BCUT2D eigenvalue weighted by molar-refractivity contribution is 5.91. The van der Waals surface area contributed by atoms with Gasteiger partial charge in [-0.1, -0.05) is 0 Å². The van der Waals surface area contributed by atoms with E-state index in [0.29, 0.717) is 6.07 Å². The van der Waals surface area contributed by atoms with E-state index in [9.17, 15) is 23.5 Å². The maximum absolute atomic E-state index is 14.1. The van der Waals surface area contributed by atoms with Crippen LogP contribution < -0.4 is 0 Å². The van der Waals surface area contributed by atoms with Crippen LogP contribution in [0.1, 0.15) is 20.7 Å². The molecule has 130 valence electrons. The lowest BCUT2D eigenvalue weighted by molar-refractivity contribution is 0.0686. The quantitative estimate of drug-likeness (QED) is 0.742. The van der Waals surface area contributed by atoms with Gasteiger partial charge in [-0.2, -0.15) is 0 Å². The number of halogens is 2. The van der Waals surface area contributed by atoms with Crippen LogP contribution in [-0.4, -0.2) is 32.1 Å². The number of pyridine rings is 2. The van der Waals surface area contributed by atoms with E-state index in [-0.39, 0.29) is 33.8 Å². The molecule has 0 aliphatic carbocycles. The van der Waals surface area contributed by atoms with Crippen molar-refractivity contribution < 1.29 is 28.6 Å². The zero-order valence-corrected chi connectivity index (χ0v) is 13.0. The third kappa shape index (κ3) is 3.39. The van der Waals surface area contributed by atoms with Gasteiger partial charge in [-0.05, 0) is 36.4 Å². The van der Waals surface area contributed by atoms with Gasteiger partial charge in [0.2, 0.25) is 0 Å². The first-order chi connectivity index (χ1) is 12.3. The molecular formula is C18H10F2N2O4. The summed E-state index contributed by atoms with van der Waals surface area (Å²) in [6, 6.07) is 7.66. The van der Waals surface area contributed by atoms with Crippen LogP contribution in [0, 0.1) is 11.6 Å². The number of aromatic nitrogens is 2. The molecule has 0 radical (unpaired) electrons. The second-order valence-electron chi connectivity index (χ2n) is 5.29. The van der Waals surface area contributed by atoms with Crippen LogP contribution in [0.25, 0.3) is 22.6 Å². The number of hydrogen-bond acceptors (Lipinski definition) is 4. The summed E-state index contributed by atoms with van der Waals surface area (Å²) >= 11 is 0. The summed E-state index contributed by atoms with van der Waals surface area (Å²) in [5.41, 5.74) is -0.239. The van der Waals surface area contributed by atoms with Crippen molar-refractivity contribution in [3.63, 3.8) is 0 Å². The van der Waals surface area contributed by atoms with Crippen molar-refractivity contribution >= 4 is 11.9 Å². The fourth-order valence-electron chi connectivity index (χ4n) is 2.32. The molecule has 0 saturated heterocycles. The maximum Gasteiger partial charge on any atom is 0.335 e. The number of carboxylic acid groups (broad SMARTS) is 2. The Morgan fingerprint density at radius 1 is 0.808 bits per heavy atom. The Bertz CT molecular complexity index is 1040. The van der Waals surface area contributed by atoms with Crippen molar-refractivity contribution in [1.29, 1.82) is 0 Å². The zero-order valence-electron chi connectivity index (χ0n) is 13.0. The molecule has 3 rings (SSSR count). The Morgan fingerprint density at radius 3 is 2.12 bits per heavy atom. The monoisotopic (exact) mass is 356 g/mol. The summed E-state index contributed by atoms with van der Waals surface area (Å²) in [6.07, 6.45) is 1.24. The van der Waals surface area contributed by atoms with Gasteiger partial charge < -0.3 is 10.2 Å². The minimum atomic E-state index is -1.29. The number of benzene rings is 1. The van der Waals surface area contributed by atoms with Gasteiger partial charge in [-0.25, -0.2) is 23.4 Å². The predicted octanol–water partition coefficient (Wildman–Crippen LogP) is 3.49. The van der Waals surface area contributed by atoms with E-state index in [1.165, 1.54) is 24.4 Å². The summed E-state index contributed by atoms with van der Waals surface area (Å²) in [7, 11) is 0. The molecule has 2 N–H and O–H groups in total. The van der Waals surface area contributed by atoms with Gasteiger partial charge >= 0.3 is 11.9 Å². The highest BCUT2D eigenvalue weighted by Gasteiger charge is 2.16. The SMILES string of the molecule is O=C(O)c1ccnc(-c2cc(C(=O)O)cc(-c3ccc(F)cc3F)n2)c1. The van der Waals surface area contributed by atoms with Gasteiger partial charge in [0.1, 0.15) is 11.6 Å². The Morgan fingerprint density at radius 2 is 1.46 bits per heavy atom. The number of hydrogen-bond donors (Lipinski definition) is 2. The molecule has 0 unspecified atom stereocenters. The lowest BCUT2D eigenvalue weighted by Crippen LogP contribution is -2.02. The number of carbonyl (C=O) groups is 2. The Balaban J connectivity index is 2.21. The van der Waals surface area contributed by atoms with Gasteiger partial charge in [-0.15, -0.1) is 0 Å². The minimum absolute atomic E-state index is 0.0417. The molecule has 3 aromatic rings.